The molecule has 21 heavy (non-hydrogen) atoms. The first kappa shape index (κ1) is 15.5. The molecule has 2 fully saturated rings. The molecule has 2 nitrogen and oxygen atoms in total. The van der Waals surface area contributed by atoms with Gasteiger partial charge < -0.3 is 5.32 Å². The lowest BCUT2D eigenvalue weighted by atomic mass is 9.88. The van der Waals surface area contributed by atoms with Gasteiger partial charge >= 0.3 is 0 Å². The van der Waals surface area contributed by atoms with E-state index in [1.54, 1.807) is 0 Å². The van der Waals surface area contributed by atoms with Crippen molar-refractivity contribution in [3.05, 3.63) is 34.3 Å². The lowest BCUT2D eigenvalue weighted by molar-refractivity contribution is 0.0418. The van der Waals surface area contributed by atoms with Gasteiger partial charge in [-0.05, 0) is 56.7 Å². The fourth-order valence-electron chi connectivity index (χ4n) is 3.79. The van der Waals surface area contributed by atoms with Gasteiger partial charge in [0.1, 0.15) is 0 Å². The Kier molecular flexibility index (Phi) is 4.45. The van der Waals surface area contributed by atoms with Crippen LogP contribution in [0.4, 0.5) is 0 Å². The average molecular weight is 351 g/mol. The van der Waals surface area contributed by atoms with E-state index in [1.807, 2.05) is 0 Å². The molecular weight excluding hydrogens is 324 g/mol. The van der Waals surface area contributed by atoms with E-state index in [-0.39, 0.29) is 0 Å². The second kappa shape index (κ2) is 6.02. The summed E-state index contributed by atoms with van der Waals surface area (Å²) in [6.07, 6.45) is 4.02. The van der Waals surface area contributed by atoms with Crippen molar-refractivity contribution in [1.29, 1.82) is 0 Å². The van der Waals surface area contributed by atoms with Gasteiger partial charge in [-0.2, -0.15) is 0 Å². The summed E-state index contributed by atoms with van der Waals surface area (Å²) in [6.45, 7) is 9.41. The van der Waals surface area contributed by atoms with Crippen molar-refractivity contribution in [2.45, 2.75) is 57.7 Å². The Balaban J connectivity index is 1.80. The fraction of sp³-hybridized carbons (Fsp3) is 0.667. The maximum Gasteiger partial charge on any atom is 0.0324 e. The highest BCUT2D eigenvalue weighted by Crippen LogP contribution is 2.43. The average Bonchev–Trinajstić information content (AvgIpc) is 3.32. The van der Waals surface area contributed by atoms with Gasteiger partial charge in [-0.15, -0.1) is 0 Å². The summed E-state index contributed by atoms with van der Waals surface area (Å²) >= 11 is 3.54. The molecular formula is C18H27BrN2. The maximum absolute atomic E-state index is 3.85. The van der Waals surface area contributed by atoms with E-state index in [9.17, 15) is 0 Å². The number of benzene rings is 1. The van der Waals surface area contributed by atoms with E-state index >= 15 is 0 Å². The fourth-order valence-corrected chi connectivity index (χ4v) is 4.06. The Bertz CT molecular complexity index is 482. The molecule has 3 atom stereocenters. The molecule has 0 radical (unpaired) electrons. The Hall–Kier alpha value is -0.380. The monoisotopic (exact) mass is 350 g/mol. The summed E-state index contributed by atoms with van der Waals surface area (Å²) in [7, 11) is 0. The summed E-state index contributed by atoms with van der Waals surface area (Å²) in [5, 5.41) is 3.85. The first-order chi connectivity index (χ1) is 10.0. The number of nitrogens with zero attached hydrogens (tertiary/aromatic N) is 1. The van der Waals surface area contributed by atoms with Crippen molar-refractivity contribution in [2.24, 2.45) is 5.92 Å². The Labute approximate surface area is 137 Å². The SMILES string of the molecule is CCC1CNC(C)(C2CC2)CN1C(C)c1ccc(Br)cc1. The van der Waals surface area contributed by atoms with Gasteiger partial charge in [0.25, 0.3) is 0 Å². The molecule has 1 aliphatic carbocycles. The molecule has 1 N–H and O–H groups in total. The molecule has 1 aromatic carbocycles. The van der Waals surface area contributed by atoms with Crippen molar-refractivity contribution < 1.29 is 0 Å². The largest absolute Gasteiger partial charge is 0.308 e. The van der Waals surface area contributed by atoms with Gasteiger partial charge in [-0.3, -0.25) is 4.90 Å². The zero-order chi connectivity index (χ0) is 15.0. The smallest absolute Gasteiger partial charge is 0.0324 e. The van der Waals surface area contributed by atoms with E-state index in [1.165, 1.54) is 31.4 Å². The lowest BCUT2D eigenvalue weighted by Gasteiger charge is -2.49. The minimum Gasteiger partial charge on any atom is -0.308 e. The van der Waals surface area contributed by atoms with Gasteiger partial charge in [-0.1, -0.05) is 35.0 Å². The van der Waals surface area contributed by atoms with E-state index < -0.39 is 0 Å². The molecule has 1 saturated heterocycles. The molecule has 0 spiro atoms. The van der Waals surface area contributed by atoms with Crippen LogP contribution >= 0.6 is 15.9 Å². The van der Waals surface area contributed by atoms with Gasteiger partial charge in [-0.25, -0.2) is 0 Å². The summed E-state index contributed by atoms with van der Waals surface area (Å²) in [6, 6.07) is 9.98. The molecule has 3 heteroatoms. The van der Waals surface area contributed by atoms with Crippen LogP contribution in [0.3, 0.4) is 0 Å². The van der Waals surface area contributed by atoms with Crippen LogP contribution in [0.25, 0.3) is 0 Å². The van der Waals surface area contributed by atoms with Crippen molar-refractivity contribution >= 4 is 15.9 Å². The third-order valence-corrected chi connectivity index (χ3v) is 6.05. The van der Waals surface area contributed by atoms with Crippen LogP contribution < -0.4 is 5.32 Å². The van der Waals surface area contributed by atoms with Gasteiger partial charge in [0.05, 0.1) is 0 Å². The molecule has 0 aromatic heterocycles. The van der Waals surface area contributed by atoms with Crippen LogP contribution in [0.5, 0.6) is 0 Å². The quantitative estimate of drug-likeness (QED) is 0.867. The van der Waals surface area contributed by atoms with E-state index in [0.29, 0.717) is 17.6 Å². The third kappa shape index (κ3) is 3.20. The number of piperazine rings is 1. The van der Waals surface area contributed by atoms with E-state index in [0.717, 1.165) is 16.9 Å². The number of rotatable bonds is 4. The molecule has 1 aromatic rings. The minimum atomic E-state index is 0.315. The van der Waals surface area contributed by atoms with E-state index in [4.69, 9.17) is 0 Å². The van der Waals surface area contributed by atoms with Crippen LogP contribution in [0.15, 0.2) is 28.7 Å². The zero-order valence-electron chi connectivity index (χ0n) is 13.4. The number of halogens is 1. The summed E-state index contributed by atoms with van der Waals surface area (Å²) in [5.41, 5.74) is 1.74. The van der Waals surface area contributed by atoms with Crippen LogP contribution in [0, 0.1) is 5.92 Å². The Morgan fingerprint density at radius 2 is 2.00 bits per heavy atom. The van der Waals surface area contributed by atoms with Crippen LogP contribution in [-0.4, -0.2) is 29.6 Å². The van der Waals surface area contributed by atoms with Gasteiger partial charge in [0.2, 0.25) is 0 Å². The maximum atomic E-state index is 3.85. The van der Waals surface area contributed by atoms with Crippen LogP contribution in [0.1, 0.15) is 51.6 Å². The summed E-state index contributed by atoms with van der Waals surface area (Å²) in [4.78, 5) is 2.73. The highest BCUT2D eigenvalue weighted by atomic mass is 79.9. The second-order valence-electron chi connectivity index (χ2n) is 7.03. The van der Waals surface area contributed by atoms with Gasteiger partial charge in [0, 0.05) is 35.2 Å². The molecule has 1 saturated carbocycles. The predicted molar refractivity (Wildman–Crippen MR) is 92.5 cm³/mol. The highest BCUT2D eigenvalue weighted by Gasteiger charge is 2.46. The standard InChI is InChI=1S/C18H27BrN2/c1-4-17-11-20-18(3,15-7-8-15)12-21(17)13(2)14-5-9-16(19)10-6-14/h5-6,9-10,13,15,17,20H,4,7-8,11-12H2,1-3H3. The summed E-state index contributed by atoms with van der Waals surface area (Å²) in [5.74, 6) is 0.884. The zero-order valence-corrected chi connectivity index (χ0v) is 15.0. The van der Waals surface area contributed by atoms with Crippen LogP contribution in [-0.2, 0) is 0 Å². The molecule has 116 valence electrons. The minimum absolute atomic E-state index is 0.315. The number of nitrogens with one attached hydrogen (secondary N) is 1. The predicted octanol–water partition coefficient (Wildman–Crippen LogP) is 4.36. The van der Waals surface area contributed by atoms with E-state index in [2.05, 4.69) is 71.2 Å². The molecule has 2 aliphatic rings. The molecule has 0 bridgehead atoms. The molecule has 1 heterocycles. The molecule has 1 aliphatic heterocycles. The number of hydrogen-bond acceptors (Lipinski definition) is 2. The van der Waals surface area contributed by atoms with Crippen LogP contribution in [0.2, 0.25) is 0 Å². The van der Waals surface area contributed by atoms with Crippen molar-refractivity contribution in [3.8, 4) is 0 Å². The first-order valence-electron chi connectivity index (χ1n) is 8.29. The third-order valence-electron chi connectivity index (χ3n) is 5.52. The summed E-state index contributed by atoms with van der Waals surface area (Å²) < 4.78 is 1.16. The Morgan fingerprint density at radius 1 is 1.33 bits per heavy atom. The Morgan fingerprint density at radius 3 is 2.57 bits per heavy atom. The molecule has 3 rings (SSSR count). The second-order valence-corrected chi connectivity index (χ2v) is 7.95. The molecule has 3 unspecified atom stereocenters. The number of hydrogen-bond donors (Lipinski definition) is 1. The topological polar surface area (TPSA) is 15.3 Å². The normalized spacial score (nSPS) is 32.1. The first-order valence-corrected chi connectivity index (χ1v) is 9.09. The van der Waals surface area contributed by atoms with Crippen molar-refractivity contribution in [2.75, 3.05) is 13.1 Å². The highest BCUT2D eigenvalue weighted by molar-refractivity contribution is 9.10. The molecule has 0 amide bonds. The van der Waals surface area contributed by atoms with Crippen molar-refractivity contribution in [3.63, 3.8) is 0 Å². The lowest BCUT2D eigenvalue weighted by Crippen LogP contribution is -2.64. The van der Waals surface area contributed by atoms with Crippen molar-refractivity contribution in [1.82, 2.24) is 10.2 Å². The van der Waals surface area contributed by atoms with Gasteiger partial charge in [0.15, 0.2) is 0 Å².